The van der Waals surface area contributed by atoms with Gasteiger partial charge in [0.2, 0.25) is 5.88 Å². The van der Waals surface area contributed by atoms with Gasteiger partial charge in [-0.3, -0.25) is 0 Å². The van der Waals surface area contributed by atoms with E-state index in [-0.39, 0.29) is 0 Å². The van der Waals surface area contributed by atoms with E-state index in [2.05, 4.69) is 10.3 Å². The highest BCUT2D eigenvalue weighted by atomic mass is 16.5. The highest BCUT2D eigenvalue weighted by Crippen LogP contribution is 2.06. The lowest BCUT2D eigenvalue weighted by atomic mass is 10.3. The van der Waals surface area contributed by atoms with Crippen LogP contribution in [0, 0.1) is 0 Å². The number of hydrogen-bond donors (Lipinski definition) is 1. The average Bonchev–Trinajstić information content (AvgIpc) is 2.46. The van der Waals surface area contributed by atoms with Crippen molar-refractivity contribution in [3.8, 4) is 5.88 Å². The molecule has 0 radical (unpaired) electrons. The van der Waals surface area contributed by atoms with Gasteiger partial charge in [-0.2, -0.15) is 0 Å². The number of methoxy groups -OCH3 is 2. The van der Waals surface area contributed by atoms with E-state index in [9.17, 15) is 0 Å². The zero-order valence-corrected chi connectivity index (χ0v) is 11.9. The number of aromatic nitrogens is 1. The maximum absolute atomic E-state index is 5.39. The first-order chi connectivity index (χ1) is 9.36. The van der Waals surface area contributed by atoms with Gasteiger partial charge in [0.25, 0.3) is 0 Å². The van der Waals surface area contributed by atoms with Gasteiger partial charge in [0, 0.05) is 26.3 Å². The Morgan fingerprint density at radius 3 is 2.79 bits per heavy atom. The first-order valence-electron chi connectivity index (χ1n) is 6.64. The van der Waals surface area contributed by atoms with E-state index < -0.39 is 0 Å². The molecule has 1 rings (SSSR count). The topological polar surface area (TPSA) is 52.6 Å². The number of rotatable bonds is 11. The first-order valence-corrected chi connectivity index (χ1v) is 6.64. The molecule has 0 fully saturated rings. The molecule has 1 aromatic rings. The molecule has 0 atom stereocenters. The highest BCUT2D eigenvalue weighted by Gasteiger charge is 1.97. The van der Waals surface area contributed by atoms with Gasteiger partial charge in [0.1, 0.15) is 0 Å². The summed E-state index contributed by atoms with van der Waals surface area (Å²) >= 11 is 0. The van der Waals surface area contributed by atoms with E-state index in [1.54, 1.807) is 14.2 Å². The Balaban J connectivity index is 1.98. The molecule has 0 bridgehead atoms. The zero-order chi connectivity index (χ0) is 13.8. The summed E-state index contributed by atoms with van der Waals surface area (Å²) in [5, 5.41) is 3.36. The number of unbranched alkanes of at least 4 members (excludes halogenated alkanes) is 1. The maximum Gasteiger partial charge on any atom is 0.213 e. The SMILES string of the molecule is COCCOCCCCNCc1cccc(OC)n1. The molecule has 0 aromatic carbocycles. The van der Waals surface area contributed by atoms with Crippen molar-refractivity contribution in [3.63, 3.8) is 0 Å². The summed E-state index contributed by atoms with van der Waals surface area (Å²) in [4.78, 5) is 4.34. The van der Waals surface area contributed by atoms with Gasteiger partial charge in [0.15, 0.2) is 0 Å². The van der Waals surface area contributed by atoms with Crippen molar-refractivity contribution < 1.29 is 14.2 Å². The van der Waals surface area contributed by atoms with Crippen LogP contribution in [0.3, 0.4) is 0 Å². The lowest BCUT2D eigenvalue weighted by molar-refractivity contribution is 0.0688. The van der Waals surface area contributed by atoms with Crippen molar-refractivity contribution in [1.82, 2.24) is 10.3 Å². The second-order valence-corrected chi connectivity index (χ2v) is 4.16. The standard InChI is InChI=1S/C14H24N2O3/c1-17-10-11-19-9-4-3-8-15-12-13-6-5-7-14(16-13)18-2/h5-7,15H,3-4,8-12H2,1-2H3. The van der Waals surface area contributed by atoms with Crippen molar-refractivity contribution >= 4 is 0 Å². The van der Waals surface area contributed by atoms with Crippen LogP contribution in [0.25, 0.3) is 0 Å². The van der Waals surface area contributed by atoms with Crippen LogP contribution in [-0.2, 0) is 16.0 Å². The molecule has 0 aliphatic rings. The third-order valence-electron chi connectivity index (χ3n) is 2.62. The number of nitrogens with zero attached hydrogens (tertiary/aromatic N) is 1. The first kappa shape index (κ1) is 15.9. The van der Waals surface area contributed by atoms with Crippen LogP contribution < -0.4 is 10.1 Å². The minimum absolute atomic E-state index is 0.658. The molecule has 0 aliphatic heterocycles. The Kier molecular flexibility index (Phi) is 8.97. The van der Waals surface area contributed by atoms with Crippen LogP contribution in [0.1, 0.15) is 18.5 Å². The van der Waals surface area contributed by atoms with Crippen LogP contribution in [0.15, 0.2) is 18.2 Å². The van der Waals surface area contributed by atoms with Crippen molar-refractivity contribution in [1.29, 1.82) is 0 Å². The summed E-state index contributed by atoms with van der Waals surface area (Å²) < 4.78 is 15.4. The van der Waals surface area contributed by atoms with Crippen molar-refractivity contribution in [2.75, 3.05) is 40.6 Å². The van der Waals surface area contributed by atoms with E-state index >= 15 is 0 Å². The quantitative estimate of drug-likeness (QED) is 0.618. The van der Waals surface area contributed by atoms with Crippen molar-refractivity contribution in [2.24, 2.45) is 0 Å². The Morgan fingerprint density at radius 2 is 2.00 bits per heavy atom. The van der Waals surface area contributed by atoms with Gasteiger partial charge in [-0.15, -0.1) is 0 Å². The third-order valence-corrected chi connectivity index (χ3v) is 2.62. The molecule has 0 saturated carbocycles. The lowest BCUT2D eigenvalue weighted by Gasteiger charge is -2.06. The minimum atomic E-state index is 0.658. The second kappa shape index (κ2) is 10.7. The van der Waals surface area contributed by atoms with E-state index in [1.165, 1.54) is 0 Å². The molecule has 1 aromatic heterocycles. The van der Waals surface area contributed by atoms with Crippen LogP contribution in [0.4, 0.5) is 0 Å². The van der Waals surface area contributed by atoms with E-state index in [4.69, 9.17) is 14.2 Å². The summed E-state index contributed by atoms with van der Waals surface area (Å²) in [6, 6.07) is 5.79. The molecule has 5 nitrogen and oxygen atoms in total. The fourth-order valence-corrected chi connectivity index (χ4v) is 1.58. The van der Waals surface area contributed by atoms with Crippen LogP contribution >= 0.6 is 0 Å². The Labute approximate surface area is 115 Å². The van der Waals surface area contributed by atoms with E-state index in [1.807, 2.05) is 18.2 Å². The normalized spacial score (nSPS) is 10.6. The number of nitrogens with one attached hydrogen (secondary N) is 1. The largest absolute Gasteiger partial charge is 0.481 e. The molecule has 0 unspecified atom stereocenters. The van der Waals surface area contributed by atoms with E-state index in [0.29, 0.717) is 19.1 Å². The smallest absolute Gasteiger partial charge is 0.213 e. The maximum atomic E-state index is 5.39. The zero-order valence-electron chi connectivity index (χ0n) is 11.9. The predicted molar refractivity (Wildman–Crippen MR) is 74.4 cm³/mol. The summed E-state index contributed by atoms with van der Waals surface area (Å²) in [6.07, 6.45) is 2.15. The second-order valence-electron chi connectivity index (χ2n) is 4.16. The van der Waals surface area contributed by atoms with Crippen LogP contribution in [0.2, 0.25) is 0 Å². The molecule has 0 amide bonds. The van der Waals surface area contributed by atoms with Gasteiger partial charge >= 0.3 is 0 Å². The molecule has 5 heteroatoms. The predicted octanol–water partition coefficient (Wildman–Crippen LogP) is 1.62. The molecule has 0 saturated heterocycles. The summed E-state index contributed by atoms with van der Waals surface area (Å²) in [7, 11) is 3.31. The molecular formula is C14H24N2O3. The fraction of sp³-hybridized carbons (Fsp3) is 0.643. The summed E-state index contributed by atoms with van der Waals surface area (Å²) in [6.45, 7) is 3.87. The van der Waals surface area contributed by atoms with Crippen LogP contribution in [0.5, 0.6) is 5.88 Å². The number of pyridine rings is 1. The number of hydrogen-bond acceptors (Lipinski definition) is 5. The molecule has 1 N–H and O–H groups in total. The van der Waals surface area contributed by atoms with E-state index in [0.717, 1.165) is 38.2 Å². The molecule has 1 heterocycles. The van der Waals surface area contributed by atoms with Crippen molar-refractivity contribution in [3.05, 3.63) is 23.9 Å². The highest BCUT2D eigenvalue weighted by molar-refractivity contribution is 5.15. The monoisotopic (exact) mass is 268 g/mol. The molecule has 0 spiro atoms. The molecule has 19 heavy (non-hydrogen) atoms. The number of ether oxygens (including phenoxy) is 3. The van der Waals surface area contributed by atoms with Gasteiger partial charge in [-0.25, -0.2) is 4.98 Å². The Bertz CT molecular complexity index is 334. The van der Waals surface area contributed by atoms with Gasteiger partial charge in [-0.05, 0) is 25.5 Å². The average molecular weight is 268 g/mol. The fourth-order valence-electron chi connectivity index (χ4n) is 1.58. The van der Waals surface area contributed by atoms with Crippen LogP contribution in [-0.4, -0.2) is 45.6 Å². The van der Waals surface area contributed by atoms with Gasteiger partial charge in [-0.1, -0.05) is 6.07 Å². The summed E-state index contributed by atoms with van der Waals surface area (Å²) in [5.41, 5.74) is 0.996. The molecule has 0 aliphatic carbocycles. The molecular weight excluding hydrogens is 244 g/mol. The van der Waals surface area contributed by atoms with Gasteiger partial charge < -0.3 is 19.5 Å². The lowest BCUT2D eigenvalue weighted by Crippen LogP contribution is -2.16. The Morgan fingerprint density at radius 1 is 1.11 bits per heavy atom. The van der Waals surface area contributed by atoms with Crippen molar-refractivity contribution in [2.45, 2.75) is 19.4 Å². The molecule has 108 valence electrons. The Hall–Kier alpha value is -1.17. The van der Waals surface area contributed by atoms with Gasteiger partial charge in [0.05, 0.1) is 26.0 Å². The third kappa shape index (κ3) is 7.77. The summed E-state index contributed by atoms with van der Waals surface area (Å²) in [5.74, 6) is 0.658. The minimum Gasteiger partial charge on any atom is -0.481 e.